The topological polar surface area (TPSA) is 100 Å². The van der Waals surface area contributed by atoms with Crippen molar-refractivity contribution in [2.75, 3.05) is 65.4 Å². The third kappa shape index (κ3) is 17.8. The Balaban J connectivity index is 2.88. The number of rotatable bonds is 16. The minimum atomic E-state index is 0.709. The average Bonchev–Trinajstić information content (AvgIpc) is 2.43. The summed E-state index contributed by atoms with van der Waals surface area (Å²) in [5, 5.41) is 13.4. The van der Waals surface area contributed by atoms with Crippen molar-refractivity contribution in [3.63, 3.8) is 0 Å². The van der Waals surface area contributed by atoms with Crippen molar-refractivity contribution in [1.82, 2.24) is 21.3 Å². The van der Waals surface area contributed by atoms with Crippen LogP contribution < -0.4 is 32.7 Å². The van der Waals surface area contributed by atoms with Crippen molar-refractivity contribution in [3.05, 3.63) is 0 Å². The Morgan fingerprint density at radius 3 is 1.37 bits per heavy atom. The first kappa shape index (κ1) is 18.8. The van der Waals surface area contributed by atoms with Crippen LogP contribution in [0.2, 0.25) is 0 Å². The molecule has 0 amide bonds. The first-order chi connectivity index (χ1) is 9.41. The molecule has 6 heteroatoms. The maximum Gasteiger partial charge on any atom is 0.00772 e. The van der Waals surface area contributed by atoms with E-state index in [9.17, 15) is 0 Å². The van der Waals surface area contributed by atoms with Gasteiger partial charge in [0.25, 0.3) is 0 Å². The monoisotopic (exact) mass is 274 g/mol. The van der Waals surface area contributed by atoms with Crippen LogP contribution in [-0.4, -0.2) is 65.4 Å². The van der Waals surface area contributed by atoms with Crippen molar-refractivity contribution in [2.24, 2.45) is 11.5 Å². The van der Waals surface area contributed by atoms with E-state index in [4.69, 9.17) is 11.5 Å². The first-order valence-electron chi connectivity index (χ1n) is 7.64. The summed E-state index contributed by atoms with van der Waals surface area (Å²) in [6.45, 7) is 9.63. The molecule has 0 rings (SSSR count). The lowest BCUT2D eigenvalue weighted by Crippen LogP contribution is -2.36. The molecule has 0 saturated heterocycles. The zero-order valence-corrected chi connectivity index (χ0v) is 12.3. The quantitative estimate of drug-likeness (QED) is 0.190. The lowest BCUT2D eigenvalue weighted by Gasteiger charge is -2.08. The highest BCUT2D eigenvalue weighted by Crippen LogP contribution is 1.90. The van der Waals surface area contributed by atoms with Crippen LogP contribution >= 0.6 is 0 Å². The van der Waals surface area contributed by atoms with Gasteiger partial charge in [-0.2, -0.15) is 0 Å². The molecule has 0 atom stereocenters. The van der Waals surface area contributed by atoms with Crippen LogP contribution in [-0.2, 0) is 0 Å². The highest BCUT2D eigenvalue weighted by Gasteiger charge is 1.90. The van der Waals surface area contributed by atoms with E-state index in [0.29, 0.717) is 6.54 Å². The normalized spacial score (nSPS) is 11.1. The van der Waals surface area contributed by atoms with Gasteiger partial charge in [0.15, 0.2) is 0 Å². The lowest BCUT2D eigenvalue weighted by atomic mass is 10.2. The fraction of sp³-hybridized carbons (Fsp3) is 1.00. The van der Waals surface area contributed by atoms with Gasteiger partial charge in [-0.25, -0.2) is 0 Å². The Hall–Kier alpha value is -0.240. The number of unbranched alkanes of at least 4 members (excludes halogenated alkanes) is 2. The molecule has 0 aromatic rings. The van der Waals surface area contributed by atoms with Crippen molar-refractivity contribution < 1.29 is 0 Å². The maximum atomic E-state index is 5.44. The van der Waals surface area contributed by atoms with Gasteiger partial charge in [-0.1, -0.05) is 6.42 Å². The van der Waals surface area contributed by atoms with E-state index in [1.807, 2.05) is 0 Å². The van der Waals surface area contributed by atoms with Crippen molar-refractivity contribution in [2.45, 2.75) is 19.3 Å². The van der Waals surface area contributed by atoms with Gasteiger partial charge < -0.3 is 32.7 Å². The Labute approximate surface area is 118 Å². The minimum absolute atomic E-state index is 0.709. The second-order valence-corrected chi connectivity index (χ2v) is 4.64. The van der Waals surface area contributed by atoms with Crippen LogP contribution in [0, 0.1) is 0 Å². The van der Waals surface area contributed by atoms with Gasteiger partial charge in [0.1, 0.15) is 0 Å². The third-order valence-corrected chi connectivity index (χ3v) is 2.81. The van der Waals surface area contributed by atoms with Crippen LogP contribution in [0.4, 0.5) is 0 Å². The summed E-state index contributed by atoms with van der Waals surface area (Å²) < 4.78 is 0. The third-order valence-electron chi connectivity index (χ3n) is 2.81. The highest BCUT2D eigenvalue weighted by molar-refractivity contribution is 4.57. The predicted molar refractivity (Wildman–Crippen MR) is 83.4 cm³/mol. The SMILES string of the molecule is NCCCCCNCCNCCNCCNCCN. The van der Waals surface area contributed by atoms with Crippen LogP contribution in [0.5, 0.6) is 0 Å². The molecular weight excluding hydrogens is 240 g/mol. The summed E-state index contributed by atoms with van der Waals surface area (Å²) in [5.74, 6) is 0. The molecule has 0 aromatic heterocycles. The van der Waals surface area contributed by atoms with E-state index < -0.39 is 0 Å². The summed E-state index contributed by atoms with van der Waals surface area (Å²) in [7, 11) is 0. The predicted octanol–water partition coefficient (Wildman–Crippen LogP) is -1.57. The van der Waals surface area contributed by atoms with Gasteiger partial charge in [0, 0.05) is 52.4 Å². The van der Waals surface area contributed by atoms with Crippen LogP contribution in [0.1, 0.15) is 19.3 Å². The highest BCUT2D eigenvalue weighted by atomic mass is 15.0. The molecule has 0 unspecified atom stereocenters. The Morgan fingerprint density at radius 2 is 0.895 bits per heavy atom. The molecule has 19 heavy (non-hydrogen) atoms. The van der Waals surface area contributed by atoms with Crippen LogP contribution in [0.15, 0.2) is 0 Å². The second kappa shape index (κ2) is 17.8. The molecule has 6 nitrogen and oxygen atoms in total. The van der Waals surface area contributed by atoms with Crippen molar-refractivity contribution in [1.29, 1.82) is 0 Å². The van der Waals surface area contributed by atoms with Gasteiger partial charge in [-0.3, -0.25) is 0 Å². The summed E-state index contributed by atoms with van der Waals surface area (Å²) in [6, 6.07) is 0. The van der Waals surface area contributed by atoms with Gasteiger partial charge in [0.2, 0.25) is 0 Å². The molecule has 0 radical (unpaired) electrons. The van der Waals surface area contributed by atoms with Gasteiger partial charge in [-0.05, 0) is 25.9 Å². The van der Waals surface area contributed by atoms with Gasteiger partial charge >= 0.3 is 0 Å². The molecule has 0 aliphatic heterocycles. The Bertz CT molecular complexity index is 140. The fourth-order valence-corrected chi connectivity index (χ4v) is 1.70. The number of nitrogens with two attached hydrogens (primary N) is 2. The summed E-state index contributed by atoms with van der Waals surface area (Å²) in [6.07, 6.45) is 3.61. The Morgan fingerprint density at radius 1 is 0.421 bits per heavy atom. The largest absolute Gasteiger partial charge is 0.330 e. The molecule has 116 valence electrons. The molecular formula is C13H34N6. The number of hydrogen-bond acceptors (Lipinski definition) is 6. The van der Waals surface area contributed by atoms with Gasteiger partial charge in [0.05, 0.1) is 0 Å². The van der Waals surface area contributed by atoms with Crippen LogP contribution in [0.25, 0.3) is 0 Å². The van der Waals surface area contributed by atoms with E-state index in [0.717, 1.165) is 65.3 Å². The zero-order chi connectivity index (χ0) is 14.0. The van der Waals surface area contributed by atoms with E-state index in [-0.39, 0.29) is 0 Å². The lowest BCUT2D eigenvalue weighted by molar-refractivity contribution is 0.556. The van der Waals surface area contributed by atoms with Crippen molar-refractivity contribution >= 4 is 0 Å². The van der Waals surface area contributed by atoms with E-state index in [1.165, 1.54) is 12.8 Å². The van der Waals surface area contributed by atoms with Crippen molar-refractivity contribution in [3.8, 4) is 0 Å². The summed E-state index contributed by atoms with van der Waals surface area (Å²) in [5.41, 5.74) is 10.8. The standard InChI is InChI=1S/C13H34N6/c14-4-2-1-3-6-16-8-10-18-12-13-19-11-9-17-7-5-15/h16-19H,1-15H2. The molecule has 0 aliphatic carbocycles. The smallest absolute Gasteiger partial charge is 0.00772 e. The summed E-state index contributed by atoms with van der Waals surface area (Å²) in [4.78, 5) is 0. The maximum absolute atomic E-state index is 5.44. The number of hydrogen-bond donors (Lipinski definition) is 6. The molecule has 0 bridgehead atoms. The van der Waals surface area contributed by atoms with Gasteiger partial charge in [-0.15, -0.1) is 0 Å². The molecule has 0 saturated carbocycles. The summed E-state index contributed by atoms with van der Waals surface area (Å²) >= 11 is 0. The van der Waals surface area contributed by atoms with E-state index in [1.54, 1.807) is 0 Å². The second-order valence-electron chi connectivity index (χ2n) is 4.64. The minimum Gasteiger partial charge on any atom is -0.330 e. The first-order valence-corrected chi connectivity index (χ1v) is 7.64. The molecule has 0 aromatic carbocycles. The average molecular weight is 274 g/mol. The number of nitrogens with one attached hydrogen (secondary N) is 4. The van der Waals surface area contributed by atoms with Crippen LogP contribution in [0.3, 0.4) is 0 Å². The molecule has 0 spiro atoms. The molecule has 0 aliphatic rings. The molecule has 0 fully saturated rings. The fourth-order valence-electron chi connectivity index (χ4n) is 1.70. The van der Waals surface area contributed by atoms with E-state index >= 15 is 0 Å². The molecule has 8 N–H and O–H groups in total. The van der Waals surface area contributed by atoms with E-state index in [2.05, 4.69) is 21.3 Å². The molecule has 0 heterocycles. The Kier molecular flexibility index (Phi) is 17.5. The zero-order valence-electron chi connectivity index (χ0n) is 12.3.